The predicted octanol–water partition coefficient (Wildman–Crippen LogP) is 1.99. The molecule has 2 N–H and O–H groups in total. The van der Waals surface area contributed by atoms with Crippen molar-refractivity contribution in [2.75, 3.05) is 27.9 Å². The van der Waals surface area contributed by atoms with Gasteiger partial charge >= 0.3 is 0 Å². The Bertz CT molecular complexity index is 909. The van der Waals surface area contributed by atoms with Crippen LogP contribution in [0, 0.1) is 0 Å². The summed E-state index contributed by atoms with van der Waals surface area (Å²) in [6, 6.07) is 12.5. The third kappa shape index (κ3) is 6.69. The highest BCUT2D eigenvalue weighted by molar-refractivity contribution is 5.94. The van der Waals surface area contributed by atoms with Crippen molar-refractivity contribution >= 4 is 24.1 Å². The summed E-state index contributed by atoms with van der Waals surface area (Å²) in [5.74, 6) is 0.934. The first-order valence-corrected chi connectivity index (χ1v) is 8.70. The summed E-state index contributed by atoms with van der Waals surface area (Å²) in [5.41, 5.74) is 3.82. The molecule has 0 saturated carbocycles. The second kappa shape index (κ2) is 11.1. The maximum absolute atomic E-state index is 11.9. The molecule has 29 heavy (non-hydrogen) atoms. The number of carbonyl (C=O) groups excluding carboxylic acids is 2. The topological polar surface area (TPSA) is 98.2 Å². The van der Waals surface area contributed by atoms with Crippen LogP contribution in [-0.4, -0.2) is 45.9 Å². The number of carbonyl (C=O) groups is 2. The molecule has 0 fully saturated rings. The Kier molecular flexibility index (Phi) is 8.25. The smallest absolute Gasteiger partial charge is 0.259 e. The number of rotatable bonds is 9. The number of hydrogen-bond donors (Lipinski definition) is 2. The zero-order valence-electron chi connectivity index (χ0n) is 16.5. The molecule has 0 bridgehead atoms. The average molecular weight is 397 g/mol. The van der Waals surface area contributed by atoms with Crippen molar-refractivity contribution in [2.24, 2.45) is 5.10 Å². The number of benzene rings is 2. The van der Waals surface area contributed by atoms with Crippen LogP contribution in [0.15, 0.2) is 53.6 Å². The van der Waals surface area contributed by atoms with Gasteiger partial charge in [0.2, 0.25) is 5.91 Å². The van der Waals surface area contributed by atoms with Crippen LogP contribution in [0.2, 0.25) is 0 Å². The zero-order valence-corrected chi connectivity index (χ0v) is 16.5. The molecule has 0 aliphatic carbocycles. The summed E-state index contributed by atoms with van der Waals surface area (Å²) in [5, 5.41) is 6.34. The summed E-state index contributed by atoms with van der Waals surface area (Å²) in [4.78, 5) is 23.7. The van der Waals surface area contributed by atoms with Gasteiger partial charge in [0, 0.05) is 11.6 Å². The summed E-state index contributed by atoms with van der Waals surface area (Å²) < 4.78 is 15.6. The van der Waals surface area contributed by atoms with Crippen LogP contribution in [-0.2, 0) is 9.59 Å². The fraction of sp³-hybridized carbons (Fsp3) is 0.190. The normalized spacial score (nSPS) is 10.7. The van der Waals surface area contributed by atoms with Crippen molar-refractivity contribution in [1.82, 2.24) is 10.7 Å². The molecule has 0 aromatic heterocycles. The second-order valence-electron chi connectivity index (χ2n) is 5.70. The summed E-state index contributed by atoms with van der Waals surface area (Å²) in [6.45, 7) is -0.210. The van der Waals surface area contributed by atoms with Gasteiger partial charge in [0.25, 0.3) is 5.91 Å². The number of para-hydroxylation sites is 1. The molecule has 0 heterocycles. The van der Waals surface area contributed by atoms with Crippen LogP contribution in [0.5, 0.6) is 17.2 Å². The summed E-state index contributed by atoms with van der Waals surface area (Å²) in [7, 11) is 4.64. The van der Waals surface area contributed by atoms with E-state index < -0.39 is 11.8 Å². The van der Waals surface area contributed by atoms with E-state index >= 15 is 0 Å². The van der Waals surface area contributed by atoms with Crippen molar-refractivity contribution in [3.05, 3.63) is 59.7 Å². The maximum Gasteiger partial charge on any atom is 0.259 e. The van der Waals surface area contributed by atoms with Crippen LogP contribution >= 0.6 is 0 Å². The minimum atomic E-state index is -0.458. The van der Waals surface area contributed by atoms with Crippen LogP contribution in [0.3, 0.4) is 0 Å². The van der Waals surface area contributed by atoms with Crippen LogP contribution < -0.4 is 25.0 Å². The first-order chi connectivity index (χ1) is 14.1. The number of hydrogen-bond acceptors (Lipinski definition) is 6. The molecule has 0 saturated heterocycles. The lowest BCUT2D eigenvalue weighted by atomic mass is 10.2. The van der Waals surface area contributed by atoms with Crippen molar-refractivity contribution in [1.29, 1.82) is 0 Å². The number of nitrogens with one attached hydrogen (secondary N) is 2. The molecular weight excluding hydrogens is 374 g/mol. The van der Waals surface area contributed by atoms with E-state index in [1.54, 1.807) is 44.6 Å². The monoisotopic (exact) mass is 397 g/mol. The third-order valence-corrected chi connectivity index (χ3v) is 3.79. The Hall–Kier alpha value is -3.81. The lowest BCUT2D eigenvalue weighted by Crippen LogP contribution is -2.34. The molecule has 8 heteroatoms. The molecule has 0 unspecified atom stereocenters. The highest BCUT2D eigenvalue weighted by Crippen LogP contribution is 2.26. The van der Waals surface area contributed by atoms with Crippen molar-refractivity contribution in [3.63, 3.8) is 0 Å². The highest BCUT2D eigenvalue weighted by Gasteiger charge is 2.05. The van der Waals surface area contributed by atoms with E-state index in [1.165, 1.54) is 19.4 Å². The Balaban J connectivity index is 1.81. The van der Waals surface area contributed by atoms with Gasteiger partial charge in [-0.3, -0.25) is 9.59 Å². The van der Waals surface area contributed by atoms with Gasteiger partial charge < -0.3 is 19.5 Å². The van der Waals surface area contributed by atoms with Crippen LogP contribution in [0.1, 0.15) is 11.1 Å². The molecule has 0 aliphatic heterocycles. The standard InChI is InChI=1S/C21H23N3O5/c1-27-17-7-5-4-6-16(17)9-11-20(25)22-14-21(26)24-23-13-15-8-10-18(28-2)19(12-15)29-3/h4-13H,14H2,1-3H3,(H,22,25)(H,24,26)/b11-9+,23-13+. The SMILES string of the molecule is COc1ccccc1/C=C/C(=O)NCC(=O)N/N=C/c1ccc(OC)c(OC)c1. The van der Waals surface area contributed by atoms with E-state index in [9.17, 15) is 9.59 Å². The van der Waals surface area contributed by atoms with Gasteiger partial charge in [-0.1, -0.05) is 18.2 Å². The number of hydrazone groups is 1. The quantitative estimate of drug-likeness (QED) is 0.383. The van der Waals surface area contributed by atoms with Gasteiger partial charge in [-0.25, -0.2) is 5.43 Å². The molecule has 0 atom stereocenters. The van der Waals surface area contributed by atoms with E-state index in [-0.39, 0.29) is 6.54 Å². The molecule has 2 aromatic carbocycles. The molecule has 2 aromatic rings. The molecule has 2 rings (SSSR count). The predicted molar refractivity (Wildman–Crippen MR) is 110 cm³/mol. The Morgan fingerprint density at radius 3 is 2.41 bits per heavy atom. The van der Waals surface area contributed by atoms with Crippen molar-refractivity contribution in [2.45, 2.75) is 0 Å². The van der Waals surface area contributed by atoms with Gasteiger partial charge in [-0.05, 0) is 35.9 Å². The lowest BCUT2D eigenvalue weighted by Gasteiger charge is -2.07. The lowest BCUT2D eigenvalue weighted by molar-refractivity contribution is -0.123. The number of nitrogens with zero attached hydrogens (tertiary/aromatic N) is 1. The number of ether oxygens (including phenoxy) is 3. The number of methoxy groups -OCH3 is 3. The van der Waals surface area contributed by atoms with E-state index in [4.69, 9.17) is 14.2 Å². The van der Waals surface area contributed by atoms with Gasteiger partial charge in [0.05, 0.1) is 34.1 Å². The van der Waals surface area contributed by atoms with Gasteiger partial charge in [-0.15, -0.1) is 0 Å². The first kappa shape index (κ1) is 21.5. The molecule has 0 radical (unpaired) electrons. The van der Waals surface area contributed by atoms with Gasteiger partial charge in [0.15, 0.2) is 11.5 Å². The fourth-order valence-electron chi connectivity index (χ4n) is 2.35. The maximum atomic E-state index is 11.9. The minimum Gasteiger partial charge on any atom is -0.496 e. The molecule has 8 nitrogen and oxygen atoms in total. The minimum absolute atomic E-state index is 0.210. The summed E-state index contributed by atoms with van der Waals surface area (Å²) >= 11 is 0. The Morgan fingerprint density at radius 1 is 0.966 bits per heavy atom. The van der Waals surface area contributed by atoms with Crippen molar-refractivity contribution < 1.29 is 23.8 Å². The zero-order chi connectivity index (χ0) is 21.1. The molecule has 0 aliphatic rings. The molecule has 152 valence electrons. The largest absolute Gasteiger partial charge is 0.496 e. The Morgan fingerprint density at radius 2 is 1.69 bits per heavy atom. The van der Waals surface area contributed by atoms with E-state index in [1.807, 2.05) is 18.2 Å². The average Bonchev–Trinajstić information content (AvgIpc) is 2.76. The second-order valence-corrected chi connectivity index (χ2v) is 5.70. The fourth-order valence-corrected chi connectivity index (χ4v) is 2.35. The summed E-state index contributed by atoms with van der Waals surface area (Å²) in [6.07, 6.45) is 4.41. The number of amides is 2. The van der Waals surface area contributed by atoms with Gasteiger partial charge in [0.1, 0.15) is 5.75 Å². The van der Waals surface area contributed by atoms with E-state index in [0.29, 0.717) is 22.8 Å². The van der Waals surface area contributed by atoms with Crippen LogP contribution in [0.4, 0.5) is 0 Å². The molecule has 2 amide bonds. The van der Waals surface area contributed by atoms with Crippen molar-refractivity contribution in [3.8, 4) is 17.2 Å². The first-order valence-electron chi connectivity index (χ1n) is 8.70. The highest BCUT2D eigenvalue weighted by atomic mass is 16.5. The van der Waals surface area contributed by atoms with E-state index in [2.05, 4.69) is 15.8 Å². The third-order valence-electron chi connectivity index (χ3n) is 3.79. The van der Waals surface area contributed by atoms with Crippen LogP contribution in [0.25, 0.3) is 6.08 Å². The van der Waals surface area contributed by atoms with E-state index in [0.717, 1.165) is 5.56 Å². The molecular formula is C21H23N3O5. The Labute approximate surface area is 169 Å². The van der Waals surface area contributed by atoms with Gasteiger partial charge in [-0.2, -0.15) is 5.10 Å². The molecule has 0 spiro atoms.